The van der Waals surface area contributed by atoms with Crippen molar-refractivity contribution in [1.82, 2.24) is 15.5 Å². The van der Waals surface area contributed by atoms with E-state index < -0.39 is 0 Å². The van der Waals surface area contributed by atoms with Gasteiger partial charge in [-0.3, -0.25) is 9.69 Å². The molecule has 1 atom stereocenters. The Kier molecular flexibility index (Phi) is 6.17. The molecule has 0 spiro atoms. The number of nitrogens with zero attached hydrogens (tertiary/aromatic N) is 1. The van der Waals surface area contributed by atoms with E-state index in [1.165, 1.54) is 0 Å². The van der Waals surface area contributed by atoms with E-state index in [-0.39, 0.29) is 5.91 Å². The van der Waals surface area contributed by atoms with E-state index in [0.29, 0.717) is 25.7 Å². The third-order valence-corrected chi connectivity index (χ3v) is 3.88. The van der Waals surface area contributed by atoms with E-state index in [2.05, 4.69) is 22.5 Å². The van der Waals surface area contributed by atoms with Gasteiger partial charge >= 0.3 is 0 Å². The second-order valence-electron chi connectivity index (χ2n) is 5.50. The van der Waals surface area contributed by atoms with Crippen molar-refractivity contribution < 1.29 is 9.53 Å². The maximum Gasteiger partial charge on any atom is 0.234 e. The number of rotatable bonds is 6. The van der Waals surface area contributed by atoms with Crippen molar-refractivity contribution in [3.8, 4) is 0 Å². The Morgan fingerprint density at radius 2 is 2.19 bits per heavy atom. The van der Waals surface area contributed by atoms with Crippen LogP contribution in [0.3, 0.4) is 0 Å². The van der Waals surface area contributed by atoms with Crippen molar-refractivity contribution in [2.45, 2.75) is 26.1 Å². The number of ether oxygens (including phenoxy) is 1. The summed E-state index contributed by atoms with van der Waals surface area (Å²) in [7, 11) is 1.68. The molecule has 1 amide bonds. The fourth-order valence-corrected chi connectivity index (χ4v) is 2.58. The van der Waals surface area contributed by atoms with Gasteiger partial charge in [-0.1, -0.05) is 24.3 Å². The van der Waals surface area contributed by atoms with E-state index in [1.807, 2.05) is 24.3 Å². The summed E-state index contributed by atoms with van der Waals surface area (Å²) >= 11 is 0. The standard InChI is InChI=1S/C16H25N3O2/c1-13-9-17-7-8-19(13)11-16(20)18-10-14-5-3-4-6-15(14)12-21-2/h3-6,13,17H,7-12H2,1-2H3,(H,18,20)/t13-/m0/s1. The van der Waals surface area contributed by atoms with Gasteiger partial charge in [0, 0.05) is 39.3 Å². The third kappa shape index (κ3) is 4.81. The van der Waals surface area contributed by atoms with Crippen molar-refractivity contribution in [2.24, 2.45) is 0 Å². The predicted molar refractivity (Wildman–Crippen MR) is 82.9 cm³/mol. The average Bonchev–Trinajstić information content (AvgIpc) is 2.49. The lowest BCUT2D eigenvalue weighted by Gasteiger charge is -2.33. The summed E-state index contributed by atoms with van der Waals surface area (Å²) in [4.78, 5) is 14.3. The first kappa shape index (κ1) is 15.9. The Labute approximate surface area is 126 Å². The summed E-state index contributed by atoms with van der Waals surface area (Å²) in [5.41, 5.74) is 2.23. The molecule has 0 aromatic heterocycles. The molecule has 1 fully saturated rings. The second-order valence-corrected chi connectivity index (χ2v) is 5.50. The van der Waals surface area contributed by atoms with Gasteiger partial charge in [0.25, 0.3) is 0 Å². The molecule has 0 saturated carbocycles. The monoisotopic (exact) mass is 291 g/mol. The molecule has 1 aliphatic heterocycles. The van der Waals surface area contributed by atoms with Crippen LogP contribution in [0.25, 0.3) is 0 Å². The number of methoxy groups -OCH3 is 1. The van der Waals surface area contributed by atoms with Crippen LogP contribution in [0.1, 0.15) is 18.1 Å². The van der Waals surface area contributed by atoms with Crippen LogP contribution in [0.2, 0.25) is 0 Å². The van der Waals surface area contributed by atoms with Crippen LogP contribution in [0.5, 0.6) is 0 Å². The summed E-state index contributed by atoms with van der Waals surface area (Å²) in [5, 5.41) is 6.34. The van der Waals surface area contributed by atoms with Gasteiger partial charge < -0.3 is 15.4 Å². The fourth-order valence-electron chi connectivity index (χ4n) is 2.58. The number of piperazine rings is 1. The van der Waals surface area contributed by atoms with Crippen molar-refractivity contribution in [3.05, 3.63) is 35.4 Å². The molecule has 21 heavy (non-hydrogen) atoms. The second kappa shape index (κ2) is 8.12. The van der Waals surface area contributed by atoms with E-state index in [9.17, 15) is 4.79 Å². The van der Waals surface area contributed by atoms with Gasteiger partial charge in [-0.15, -0.1) is 0 Å². The van der Waals surface area contributed by atoms with Crippen molar-refractivity contribution in [3.63, 3.8) is 0 Å². The van der Waals surface area contributed by atoms with Gasteiger partial charge in [0.1, 0.15) is 0 Å². The minimum Gasteiger partial charge on any atom is -0.380 e. The Bertz CT molecular complexity index is 465. The highest BCUT2D eigenvalue weighted by Gasteiger charge is 2.20. The molecule has 1 aliphatic rings. The zero-order chi connectivity index (χ0) is 15.1. The first-order valence-electron chi connectivity index (χ1n) is 7.48. The molecule has 5 nitrogen and oxygen atoms in total. The largest absolute Gasteiger partial charge is 0.380 e. The minimum atomic E-state index is 0.0796. The Morgan fingerprint density at radius 1 is 1.43 bits per heavy atom. The van der Waals surface area contributed by atoms with E-state index in [4.69, 9.17) is 4.74 Å². The molecule has 5 heteroatoms. The topological polar surface area (TPSA) is 53.6 Å². The highest BCUT2D eigenvalue weighted by atomic mass is 16.5. The number of benzene rings is 1. The SMILES string of the molecule is COCc1ccccc1CNC(=O)CN1CCNC[C@@H]1C. The molecule has 0 aliphatic carbocycles. The molecule has 2 rings (SSSR count). The molecule has 1 heterocycles. The summed E-state index contributed by atoms with van der Waals surface area (Å²) < 4.78 is 5.18. The lowest BCUT2D eigenvalue weighted by atomic mass is 10.1. The van der Waals surface area contributed by atoms with Gasteiger partial charge in [-0.25, -0.2) is 0 Å². The maximum absolute atomic E-state index is 12.1. The molecule has 1 aromatic carbocycles. The van der Waals surface area contributed by atoms with Gasteiger partial charge in [-0.2, -0.15) is 0 Å². The first-order chi connectivity index (χ1) is 10.2. The molecule has 0 unspecified atom stereocenters. The maximum atomic E-state index is 12.1. The zero-order valence-corrected chi connectivity index (χ0v) is 12.9. The van der Waals surface area contributed by atoms with E-state index >= 15 is 0 Å². The molecule has 116 valence electrons. The van der Waals surface area contributed by atoms with Crippen molar-refractivity contribution >= 4 is 5.91 Å². The number of hydrogen-bond donors (Lipinski definition) is 2. The molecule has 0 radical (unpaired) electrons. The molecule has 1 aromatic rings. The molecular weight excluding hydrogens is 266 g/mol. The van der Waals surface area contributed by atoms with Gasteiger partial charge in [0.2, 0.25) is 5.91 Å². The highest BCUT2D eigenvalue weighted by molar-refractivity contribution is 5.78. The highest BCUT2D eigenvalue weighted by Crippen LogP contribution is 2.09. The molecular formula is C16H25N3O2. The van der Waals surface area contributed by atoms with Gasteiger partial charge in [-0.05, 0) is 18.1 Å². The quantitative estimate of drug-likeness (QED) is 0.812. The van der Waals surface area contributed by atoms with Crippen LogP contribution in [0.4, 0.5) is 0 Å². The van der Waals surface area contributed by atoms with Crippen LogP contribution >= 0.6 is 0 Å². The van der Waals surface area contributed by atoms with Crippen molar-refractivity contribution in [1.29, 1.82) is 0 Å². The minimum absolute atomic E-state index is 0.0796. The lowest BCUT2D eigenvalue weighted by Crippen LogP contribution is -2.52. The van der Waals surface area contributed by atoms with Crippen LogP contribution in [-0.4, -0.2) is 50.1 Å². The lowest BCUT2D eigenvalue weighted by molar-refractivity contribution is -0.123. The number of nitrogens with one attached hydrogen (secondary N) is 2. The predicted octanol–water partition coefficient (Wildman–Crippen LogP) is 0.743. The summed E-state index contributed by atoms with van der Waals surface area (Å²) in [6.45, 7) is 6.56. The number of carbonyl (C=O) groups is 1. The van der Waals surface area contributed by atoms with Gasteiger partial charge in [0.15, 0.2) is 0 Å². The number of hydrogen-bond acceptors (Lipinski definition) is 4. The van der Waals surface area contributed by atoms with E-state index in [1.54, 1.807) is 7.11 Å². The summed E-state index contributed by atoms with van der Waals surface area (Å²) in [5.74, 6) is 0.0796. The number of carbonyl (C=O) groups excluding carboxylic acids is 1. The van der Waals surface area contributed by atoms with E-state index in [0.717, 1.165) is 30.8 Å². The summed E-state index contributed by atoms with van der Waals surface area (Å²) in [6, 6.07) is 8.44. The normalized spacial score (nSPS) is 19.4. The number of amides is 1. The van der Waals surface area contributed by atoms with Crippen LogP contribution < -0.4 is 10.6 Å². The van der Waals surface area contributed by atoms with Gasteiger partial charge in [0.05, 0.1) is 13.2 Å². The molecule has 2 N–H and O–H groups in total. The zero-order valence-electron chi connectivity index (χ0n) is 12.9. The third-order valence-electron chi connectivity index (χ3n) is 3.88. The first-order valence-corrected chi connectivity index (χ1v) is 7.48. The average molecular weight is 291 g/mol. The summed E-state index contributed by atoms with van der Waals surface area (Å²) in [6.07, 6.45) is 0. The molecule has 0 bridgehead atoms. The van der Waals surface area contributed by atoms with Crippen LogP contribution in [0.15, 0.2) is 24.3 Å². The van der Waals surface area contributed by atoms with Crippen LogP contribution in [-0.2, 0) is 22.7 Å². The Hall–Kier alpha value is -1.43. The molecule has 1 saturated heterocycles. The Morgan fingerprint density at radius 3 is 2.90 bits per heavy atom. The smallest absolute Gasteiger partial charge is 0.234 e. The van der Waals surface area contributed by atoms with Crippen molar-refractivity contribution in [2.75, 3.05) is 33.3 Å². The Balaban J connectivity index is 1.83. The fraction of sp³-hybridized carbons (Fsp3) is 0.562. The van der Waals surface area contributed by atoms with Crippen LogP contribution in [0, 0.1) is 0 Å².